The summed E-state index contributed by atoms with van der Waals surface area (Å²) in [5.41, 5.74) is 0. The molecule has 2 saturated heterocycles. The number of nitrogens with zero attached hydrogens (tertiary/aromatic N) is 1. The number of nitrogens with one attached hydrogen (secondary N) is 1. The molecule has 0 aromatic heterocycles. The molecule has 2 atom stereocenters. The third-order valence-electron chi connectivity index (χ3n) is 4.36. The zero-order valence-electron chi connectivity index (χ0n) is 12.9. The van der Waals surface area contributed by atoms with Crippen LogP contribution in [0.1, 0.15) is 58.8 Å². The van der Waals surface area contributed by atoms with Crippen molar-refractivity contribution in [3.8, 4) is 0 Å². The number of likely N-dealkylation sites (tertiary alicyclic amines) is 1. The van der Waals surface area contributed by atoms with Crippen LogP contribution in [0.4, 0.5) is 0 Å². The van der Waals surface area contributed by atoms with Crippen LogP contribution in [-0.4, -0.2) is 49.3 Å². The lowest BCUT2D eigenvalue weighted by Gasteiger charge is -2.27. The Morgan fingerprint density at radius 3 is 2.32 bits per heavy atom. The van der Waals surface area contributed by atoms with Crippen molar-refractivity contribution in [2.24, 2.45) is 0 Å². The molecule has 3 heteroatoms. The summed E-state index contributed by atoms with van der Waals surface area (Å²) < 4.78 is 6.18. The third kappa shape index (κ3) is 5.80. The van der Waals surface area contributed by atoms with E-state index in [1.165, 1.54) is 58.0 Å². The molecule has 3 nitrogen and oxygen atoms in total. The lowest BCUT2D eigenvalue weighted by Crippen LogP contribution is -2.36. The number of rotatable bonds is 5. The maximum absolute atomic E-state index is 6.18. The first-order valence-corrected chi connectivity index (χ1v) is 8.35. The second-order valence-electron chi connectivity index (χ2n) is 6.59. The van der Waals surface area contributed by atoms with Gasteiger partial charge in [0.05, 0.1) is 12.2 Å². The summed E-state index contributed by atoms with van der Waals surface area (Å²) in [5, 5.41) is 3.49. The Kier molecular flexibility index (Phi) is 6.62. The fourth-order valence-corrected chi connectivity index (χ4v) is 3.22. The van der Waals surface area contributed by atoms with Gasteiger partial charge in [-0.05, 0) is 38.8 Å². The fraction of sp³-hybridized carbons (Fsp3) is 1.00. The molecule has 2 fully saturated rings. The largest absolute Gasteiger partial charge is 0.372 e. The van der Waals surface area contributed by atoms with Gasteiger partial charge in [0.2, 0.25) is 0 Å². The van der Waals surface area contributed by atoms with E-state index in [4.69, 9.17) is 4.74 Å². The number of hydrogen-bond donors (Lipinski definition) is 1. The molecule has 2 rings (SSSR count). The lowest BCUT2D eigenvalue weighted by molar-refractivity contribution is 0.0213. The van der Waals surface area contributed by atoms with Crippen LogP contribution in [0.25, 0.3) is 0 Å². The second kappa shape index (κ2) is 8.23. The molecule has 0 amide bonds. The van der Waals surface area contributed by atoms with Crippen molar-refractivity contribution in [3.05, 3.63) is 0 Å². The summed E-state index contributed by atoms with van der Waals surface area (Å²) in [5.74, 6) is 0. The average molecular weight is 268 g/mol. The standard InChI is InChI=1S/C16H32N2O/c1-14(2)17-12-15-8-9-16(19-15)13-18-10-6-4-3-5-7-11-18/h14-17H,3-13H2,1-2H3. The van der Waals surface area contributed by atoms with E-state index in [2.05, 4.69) is 24.1 Å². The molecule has 2 heterocycles. The van der Waals surface area contributed by atoms with Gasteiger partial charge in [-0.2, -0.15) is 0 Å². The summed E-state index contributed by atoms with van der Waals surface area (Å²) in [4.78, 5) is 2.64. The molecule has 0 bridgehead atoms. The molecule has 0 radical (unpaired) electrons. The fourth-order valence-electron chi connectivity index (χ4n) is 3.22. The van der Waals surface area contributed by atoms with Crippen molar-refractivity contribution < 1.29 is 4.74 Å². The quantitative estimate of drug-likeness (QED) is 0.830. The van der Waals surface area contributed by atoms with Crippen LogP contribution in [-0.2, 0) is 4.74 Å². The van der Waals surface area contributed by atoms with Crippen LogP contribution in [0.5, 0.6) is 0 Å². The third-order valence-corrected chi connectivity index (χ3v) is 4.36. The molecule has 19 heavy (non-hydrogen) atoms. The summed E-state index contributed by atoms with van der Waals surface area (Å²) in [6.45, 7) is 9.16. The van der Waals surface area contributed by atoms with Crippen LogP contribution in [0, 0.1) is 0 Å². The molecule has 0 saturated carbocycles. The zero-order chi connectivity index (χ0) is 13.5. The van der Waals surface area contributed by atoms with E-state index in [-0.39, 0.29) is 0 Å². The van der Waals surface area contributed by atoms with Crippen molar-refractivity contribution in [2.45, 2.75) is 77.0 Å². The van der Waals surface area contributed by atoms with Gasteiger partial charge in [-0.1, -0.05) is 33.1 Å². The average Bonchev–Trinajstić information content (AvgIpc) is 2.77. The monoisotopic (exact) mass is 268 g/mol. The van der Waals surface area contributed by atoms with Gasteiger partial charge in [-0.25, -0.2) is 0 Å². The van der Waals surface area contributed by atoms with E-state index in [1.54, 1.807) is 0 Å². The molecule has 2 aliphatic heterocycles. The van der Waals surface area contributed by atoms with E-state index in [0.717, 1.165) is 13.1 Å². The van der Waals surface area contributed by atoms with Gasteiger partial charge in [0, 0.05) is 19.1 Å². The molecule has 0 aromatic carbocycles. The van der Waals surface area contributed by atoms with Crippen molar-refractivity contribution >= 4 is 0 Å². The molecule has 0 spiro atoms. The molecule has 112 valence electrons. The lowest BCUT2D eigenvalue weighted by atomic mass is 10.1. The summed E-state index contributed by atoms with van der Waals surface area (Å²) in [7, 11) is 0. The summed E-state index contributed by atoms with van der Waals surface area (Å²) in [6, 6.07) is 0.567. The highest BCUT2D eigenvalue weighted by atomic mass is 16.5. The van der Waals surface area contributed by atoms with E-state index in [1.807, 2.05) is 0 Å². The molecular formula is C16H32N2O. The first kappa shape index (κ1) is 15.3. The van der Waals surface area contributed by atoms with Crippen LogP contribution >= 0.6 is 0 Å². The minimum atomic E-state index is 0.446. The van der Waals surface area contributed by atoms with Crippen molar-refractivity contribution in [1.82, 2.24) is 10.2 Å². The topological polar surface area (TPSA) is 24.5 Å². The summed E-state index contributed by atoms with van der Waals surface area (Å²) in [6.07, 6.45) is 10.5. The highest BCUT2D eigenvalue weighted by Crippen LogP contribution is 2.21. The van der Waals surface area contributed by atoms with E-state index < -0.39 is 0 Å². The summed E-state index contributed by atoms with van der Waals surface area (Å²) >= 11 is 0. The minimum Gasteiger partial charge on any atom is -0.372 e. The van der Waals surface area contributed by atoms with Gasteiger partial charge in [0.1, 0.15) is 0 Å². The predicted octanol–water partition coefficient (Wildman–Crippen LogP) is 2.80. The smallest absolute Gasteiger partial charge is 0.0707 e. The van der Waals surface area contributed by atoms with Crippen LogP contribution in [0.3, 0.4) is 0 Å². The van der Waals surface area contributed by atoms with Gasteiger partial charge in [0.25, 0.3) is 0 Å². The molecular weight excluding hydrogens is 236 g/mol. The Morgan fingerprint density at radius 1 is 1.00 bits per heavy atom. The van der Waals surface area contributed by atoms with E-state index in [0.29, 0.717) is 18.2 Å². The number of ether oxygens (including phenoxy) is 1. The molecule has 2 unspecified atom stereocenters. The van der Waals surface area contributed by atoms with Gasteiger partial charge in [-0.15, -0.1) is 0 Å². The first-order valence-electron chi connectivity index (χ1n) is 8.35. The minimum absolute atomic E-state index is 0.446. The SMILES string of the molecule is CC(C)NCC1CCC(CN2CCCCCCC2)O1. The Morgan fingerprint density at radius 2 is 1.63 bits per heavy atom. The zero-order valence-corrected chi connectivity index (χ0v) is 12.9. The van der Waals surface area contributed by atoms with E-state index >= 15 is 0 Å². The van der Waals surface area contributed by atoms with Crippen LogP contribution < -0.4 is 5.32 Å². The first-order chi connectivity index (χ1) is 9.24. The van der Waals surface area contributed by atoms with Gasteiger partial charge in [-0.3, -0.25) is 0 Å². The van der Waals surface area contributed by atoms with Gasteiger partial charge < -0.3 is 15.0 Å². The predicted molar refractivity (Wildman–Crippen MR) is 80.6 cm³/mol. The Labute approximate surface area is 119 Å². The maximum Gasteiger partial charge on any atom is 0.0707 e. The van der Waals surface area contributed by atoms with Crippen molar-refractivity contribution in [2.75, 3.05) is 26.2 Å². The second-order valence-corrected chi connectivity index (χ2v) is 6.59. The Bertz CT molecular complexity index is 237. The Balaban J connectivity index is 1.65. The van der Waals surface area contributed by atoms with Crippen LogP contribution in [0.15, 0.2) is 0 Å². The normalized spacial score (nSPS) is 30.5. The van der Waals surface area contributed by atoms with Gasteiger partial charge in [0.15, 0.2) is 0 Å². The Hall–Kier alpha value is -0.120. The molecule has 0 aliphatic carbocycles. The highest BCUT2D eigenvalue weighted by Gasteiger charge is 2.26. The molecule has 2 aliphatic rings. The van der Waals surface area contributed by atoms with E-state index in [9.17, 15) is 0 Å². The maximum atomic E-state index is 6.18. The molecule has 0 aromatic rings. The van der Waals surface area contributed by atoms with Crippen LogP contribution in [0.2, 0.25) is 0 Å². The van der Waals surface area contributed by atoms with Crippen molar-refractivity contribution in [3.63, 3.8) is 0 Å². The molecule has 1 N–H and O–H groups in total. The number of hydrogen-bond acceptors (Lipinski definition) is 3. The van der Waals surface area contributed by atoms with Crippen molar-refractivity contribution in [1.29, 1.82) is 0 Å². The van der Waals surface area contributed by atoms with Gasteiger partial charge >= 0.3 is 0 Å². The highest BCUT2D eigenvalue weighted by molar-refractivity contribution is 4.79.